The Kier molecular flexibility index (Phi) is 7.22. The predicted octanol–water partition coefficient (Wildman–Crippen LogP) is 4.19. The molecule has 1 aliphatic carbocycles. The molecule has 2 aliphatic heterocycles. The number of nitrogens with two attached hydrogens (primary N) is 1. The Hall–Kier alpha value is -4.26. The van der Waals surface area contributed by atoms with Crippen molar-refractivity contribution < 1.29 is 34.9 Å². The Morgan fingerprint density at radius 2 is 2.02 bits per heavy atom. The Labute approximate surface area is 261 Å². The SMILES string of the molecule is C#Cc1c(F)ccc2cc(OS(N)(=O)=O)cc(-c3ncc4c(N(C)[C@H]5C[C@@H]5F)nc(OC[C@@]56CCCN5C[C@H](F)C6)nc4c3F)c12. The number of hydrogen-bond acceptors (Lipinski definition) is 9. The van der Waals surface area contributed by atoms with Crippen LogP contribution in [0.25, 0.3) is 32.9 Å². The van der Waals surface area contributed by atoms with Crippen LogP contribution in [-0.4, -0.2) is 78.9 Å². The average Bonchev–Trinajstić information content (AvgIpc) is 3.48. The van der Waals surface area contributed by atoms with Gasteiger partial charge in [0.2, 0.25) is 0 Å². The van der Waals surface area contributed by atoms with E-state index in [1.807, 2.05) is 0 Å². The summed E-state index contributed by atoms with van der Waals surface area (Å²) in [7, 11) is -2.88. The van der Waals surface area contributed by atoms with Crippen LogP contribution in [0.15, 0.2) is 30.5 Å². The van der Waals surface area contributed by atoms with Crippen molar-refractivity contribution in [2.45, 2.75) is 49.6 Å². The number of pyridine rings is 1. The van der Waals surface area contributed by atoms with Crippen LogP contribution in [0.5, 0.6) is 11.8 Å². The molecule has 3 fully saturated rings. The zero-order chi connectivity index (χ0) is 32.5. The molecule has 0 amide bonds. The normalized spacial score (nSPS) is 24.2. The van der Waals surface area contributed by atoms with Gasteiger partial charge >= 0.3 is 16.3 Å². The number of aromatic nitrogens is 3. The van der Waals surface area contributed by atoms with Gasteiger partial charge in [-0.3, -0.25) is 9.88 Å². The predicted molar refractivity (Wildman–Crippen MR) is 162 cm³/mol. The molecule has 10 nitrogen and oxygen atoms in total. The number of nitrogens with zero attached hydrogens (tertiary/aromatic N) is 5. The summed E-state index contributed by atoms with van der Waals surface area (Å²) in [5.41, 5.74) is -1.44. The van der Waals surface area contributed by atoms with Crippen LogP contribution in [0.3, 0.4) is 0 Å². The fourth-order valence-corrected chi connectivity index (χ4v) is 7.19. The van der Waals surface area contributed by atoms with Crippen LogP contribution in [0, 0.1) is 24.0 Å². The minimum absolute atomic E-state index is 0.0681. The van der Waals surface area contributed by atoms with Gasteiger partial charge in [-0.15, -0.1) is 6.42 Å². The van der Waals surface area contributed by atoms with Gasteiger partial charge in [0, 0.05) is 43.6 Å². The number of halogens is 4. The summed E-state index contributed by atoms with van der Waals surface area (Å²) in [4.78, 5) is 16.8. The smallest absolute Gasteiger partial charge is 0.380 e. The molecular weight excluding hydrogens is 628 g/mol. The Morgan fingerprint density at radius 3 is 2.74 bits per heavy atom. The lowest BCUT2D eigenvalue weighted by molar-refractivity contribution is 0.107. The first-order valence-electron chi connectivity index (χ1n) is 14.6. The summed E-state index contributed by atoms with van der Waals surface area (Å²) in [5, 5.41) is 5.52. The molecule has 4 atom stereocenters. The number of benzene rings is 2. The summed E-state index contributed by atoms with van der Waals surface area (Å²) < 4.78 is 94.6. The number of ether oxygens (including phenoxy) is 1. The monoisotopic (exact) mass is 656 g/mol. The lowest BCUT2D eigenvalue weighted by Crippen LogP contribution is -2.43. The van der Waals surface area contributed by atoms with Gasteiger partial charge in [-0.2, -0.15) is 23.5 Å². The van der Waals surface area contributed by atoms with Crippen molar-refractivity contribution >= 4 is 37.8 Å². The van der Waals surface area contributed by atoms with Crippen LogP contribution in [0.1, 0.15) is 31.2 Å². The first-order valence-corrected chi connectivity index (χ1v) is 16.0. The van der Waals surface area contributed by atoms with Crippen molar-refractivity contribution in [2.75, 3.05) is 31.6 Å². The van der Waals surface area contributed by atoms with Gasteiger partial charge in [0.05, 0.1) is 22.5 Å². The minimum atomic E-state index is -4.49. The van der Waals surface area contributed by atoms with E-state index < -0.39 is 45.9 Å². The molecule has 7 rings (SSSR count). The van der Waals surface area contributed by atoms with Gasteiger partial charge in [0.1, 0.15) is 47.5 Å². The molecule has 46 heavy (non-hydrogen) atoms. The molecule has 240 valence electrons. The second-order valence-corrected chi connectivity index (χ2v) is 13.2. The second-order valence-electron chi connectivity index (χ2n) is 12.0. The average molecular weight is 657 g/mol. The topological polar surface area (TPSA) is 124 Å². The first kappa shape index (κ1) is 30.4. The number of hydrogen-bond donors (Lipinski definition) is 1. The summed E-state index contributed by atoms with van der Waals surface area (Å²) >= 11 is 0. The van der Waals surface area contributed by atoms with Crippen LogP contribution in [-0.2, 0) is 10.3 Å². The van der Waals surface area contributed by atoms with Crippen LogP contribution in [0.4, 0.5) is 23.4 Å². The zero-order valence-corrected chi connectivity index (χ0v) is 25.3. The van der Waals surface area contributed by atoms with E-state index in [1.54, 1.807) is 11.9 Å². The van der Waals surface area contributed by atoms with Gasteiger partial charge in [-0.1, -0.05) is 12.0 Å². The van der Waals surface area contributed by atoms with Crippen LogP contribution < -0.4 is 19.0 Å². The maximum Gasteiger partial charge on any atom is 0.380 e. The number of alkyl halides is 2. The van der Waals surface area contributed by atoms with E-state index >= 15 is 4.39 Å². The van der Waals surface area contributed by atoms with Crippen LogP contribution >= 0.6 is 0 Å². The van der Waals surface area contributed by atoms with Crippen LogP contribution in [0.2, 0.25) is 0 Å². The third-order valence-corrected chi connectivity index (χ3v) is 9.46. The van der Waals surface area contributed by atoms with Gasteiger partial charge in [0.15, 0.2) is 5.82 Å². The summed E-state index contributed by atoms with van der Waals surface area (Å²) in [6, 6.07) is 4.11. The number of rotatable bonds is 8. The molecule has 15 heteroatoms. The lowest BCUT2D eigenvalue weighted by atomic mass is 9.95. The van der Waals surface area contributed by atoms with Gasteiger partial charge in [0.25, 0.3) is 0 Å². The molecule has 0 unspecified atom stereocenters. The highest BCUT2D eigenvalue weighted by Crippen LogP contribution is 2.43. The number of anilines is 1. The fourth-order valence-electron chi connectivity index (χ4n) is 6.82. The van der Waals surface area contributed by atoms with E-state index in [9.17, 15) is 21.6 Å². The Morgan fingerprint density at radius 1 is 1.24 bits per heavy atom. The van der Waals surface area contributed by atoms with Crippen molar-refractivity contribution in [3.05, 3.63) is 47.7 Å². The fraction of sp³-hybridized carbons (Fsp3) is 0.387. The molecule has 2 aromatic carbocycles. The van der Waals surface area contributed by atoms with E-state index in [1.165, 1.54) is 18.3 Å². The van der Waals surface area contributed by atoms with E-state index in [0.717, 1.165) is 31.5 Å². The first-order chi connectivity index (χ1) is 21.9. The summed E-state index contributed by atoms with van der Waals surface area (Å²) in [6.07, 6.45) is 6.97. The molecule has 1 saturated carbocycles. The standard InChI is InChI=1S/C31H28F4N6O4S/c1-3-19-22(33)6-5-16-9-18(45-46(36,42)43)10-20(25(16)19)27-26(35)28-21(13-37-27)29(40(2)24-11-23(24)34)39-30(38-28)44-15-31-7-4-8-41(31)14-17(32)12-31/h1,5-6,9-10,13,17,23-24H,4,7-8,11-12,14-15H2,2H3,(H2,36,42,43)/t17-,23+,24+,31+/m1/s1. The zero-order valence-electron chi connectivity index (χ0n) is 24.5. The quantitative estimate of drug-likeness (QED) is 0.220. The molecule has 0 bridgehead atoms. The highest BCUT2D eigenvalue weighted by Gasteiger charge is 2.49. The van der Waals surface area contributed by atoms with E-state index in [2.05, 4.69) is 25.8 Å². The Balaban J connectivity index is 1.40. The van der Waals surface area contributed by atoms with Gasteiger partial charge in [-0.25, -0.2) is 17.6 Å². The highest BCUT2D eigenvalue weighted by atomic mass is 32.2. The van der Waals surface area contributed by atoms with E-state index in [4.69, 9.17) is 20.5 Å². The molecule has 2 aromatic heterocycles. The molecule has 4 aromatic rings. The largest absolute Gasteiger partial charge is 0.461 e. The third kappa shape index (κ3) is 5.23. The minimum Gasteiger partial charge on any atom is -0.461 e. The lowest BCUT2D eigenvalue weighted by Gasteiger charge is -2.31. The van der Waals surface area contributed by atoms with Crippen molar-refractivity contribution in [2.24, 2.45) is 5.14 Å². The van der Waals surface area contributed by atoms with Crippen molar-refractivity contribution in [3.63, 3.8) is 0 Å². The Bertz CT molecular complexity index is 2060. The van der Waals surface area contributed by atoms with E-state index in [-0.39, 0.29) is 69.1 Å². The van der Waals surface area contributed by atoms with Crippen molar-refractivity contribution in [1.29, 1.82) is 0 Å². The summed E-state index contributed by atoms with van der Waals surface area (Å²) in [6.45, 7) is 1.11. The third-order valence-electron chi connectivity index (χ3n) is 9.04. The number of fused-ring (bicyclic) bond motifs is 3. The van der Waals surface area contributed by atoms with Gasteiger partial charge < -0.3 is 13.8 Å². The molecular formula is C31H28F4N6O4S. The second kappa shape index (κ2) is 10.9. The molecule has 0 radical (unpaired) electrons. The van der Waals surface area contributed by atoms with Crippen molar-refractivity contribution in [1.82, 2.24) is 19.9 Å². The molecule has 0 spiro atoms. The maximum atomic E-state index is 16.7. The van der Waals surface area contributed by atoms with Crippen molar-refractivity contribution in [3.8, 4) is 35.4 Å². The number of terminal acetylenes is 1. The molecule has 4 heterocycles. The molecule has 2 saturated heterocycles. The molecule has 2 N–H and O–H groups in total. The van der Waals surface area contributed by atoms with E-state index in [0.29, 0.717) is 13.0 Å². The summed E-state index contributed by atoms with van der Waals surface area (Å²) in [5.74, 6) is 0.387. The maximum absolute atomic E-state index is 16.7. The van der Waals surface area contributed by atoms with Gasteiger partial charge in [-0.05, 0) is 43.0 Å². The highest BCUT2D eigenvalue weighted by molar-refractivity contribution is 7.84. The molecule has 3 aliphatic rings.